The Morgan fingerprint density at radius 3 is 3.00 bits per heavy atom. The van der Waals surface area contributed by atoms with E-state index in [0.29, 0.717) is 11.4 Å². The SMILES string of the molecule is COc1ccc2nc(SC3Cc4cc(Cl)ccc4C3=O)[nH]c2c1. The van der Waals surface area contributed by atoms with E-state index in [1.165, 1.54) is 11.8 Å². The number of hydrogen-bond donors (Lipinski definition) is 1. The summed E-state index contributed by atoms with van der Waals surface area (Å²) in [5.41, 5.74) is 3.54. The molecule has 0 bridgehead atoms. The summed E-state index contributed by atoms with van der Waals surface area (Å²) in [5, 5.41) is 1.24. The van der Waals surface area contributed by atoms with Gasteiger partial charge in [0.1, 0.15) is 5.75 Å². The van der Waals surface area contributed by atoms with E-state index in [4.69, 9.17) is 16.3 Å². The van der Waals surface area contributed by atoms with E-state index in [1.54, 1.807) is 13.2 Å². The van der Waals surface area contributed by atoms with Gasteiger partial charge in [0.2, 0.25) is 0 Å². The van der Waals surface area contributed by atoms with Crippen LogP contribution < -0.4 is 4.74 Å². The number of carbonyl (C=O) groups is 1. The number of ketones is 1. The number of H-pyrrole nitrogens is 1. The molecular weight excluding hydrogens is 332 g/mol. The number of thioether (sulfide) groups is 1. The highest BCUT2D eigenvalue weighted by Gasteiger charge is 2.32. The average molecular weight is 345 g/mol. The molecule has 0 saturated heterocycles. The van der Waals surface area contributed by atoms with Crippen molar-refractivity contribution in [3.63, 3.8) is 0 Å². The third kappa shape index (κ3) is 2.60. The van der Waals surface area contributed by atoms with E-state index < -0.39 is 0 Å². The van der Waals surface area contributed by atoms with Crippen molar-refractivity contribution in [1.29, 1.82) is 0 Å². The fourth-order valence-electron chi connectivity index (χ4n) is 2.82. The fourth-order valence-corrected chi connectivity index (χ4v) is 4.10. The minimum absolute atomic E-state index is 0.139. The molecule has 3 aromatic rings. The van der Waals surface area contributed by atoms with Gasteiger partial charge in [0.25, 0.3) is 0 Å². The molecule has 0 amide bonds. The van der Waals surface area contributed by atoms with Crippen LogP contribution in [0.2, 0.25) is 5.02 Å². The van der Waals surface area contributed by atoms with Crippen LogP contribution in [0.25, 0.3) is 11.0 Å². The number of Topliss-reactive ketones (excluding diaryl/α,β-unsaturated/α-hetero) is 1. The Balaban J connectivity index is 1.60. The van der Waals surface area contributed by atoms with Crippen molar-refractivity contribution in [2.75, 3.05) is 7.11 Å². The van der Waals surface area contributed by atoms with Gasteiger partial charge in [-0.05, 0) is 42.3 Å². The summed E-state index contributed by atoms with van der Waals surface area (Å²) < 4.78 is 5.21. The van der Waals surface area contributed by atoms with Crippen LogP contribution in [0.15, 0.2) is 41.6 Å². The standard InChI is InChI=1S/C17H13ClN2O2S/c1-22-11-3-5-13-14(8-11)20-17(19-13)23-15-7-9-6-10(18)2-4-12(9)16(15)21/h2-6,8,15H,7H2,1H3,(H,19,20). The number of methoxy groups -OCH3 is 1. The number of nitrogens with zero attached hydrogens (tertiary/aromatic N) is 1. The Hall–Kier alpha value is -1.98. The molecule has 0 aliphatic heterocycles. The topological polar surface area (TPSA) is 55.0 Å². The third-order valence-corrected chi connectivity index (χ3v) is 5.27. The maximum absolute atomic E-state index is 12.5. The molecule has 4 rings (SSSR count). The van der Waals surface area contributed by atoms with Crippen molar-refractivity contribution < 1.29 is 9.53 Å². The average Bonchev–Trinajstić information content (AvgIpc) is 3.07. The number of rotatable bonds is 3. The first-order valence-corrected chi connectivity index (χ1v) is 8.43. The van der Waals surface area contributed by atoms with Gasteiger partial charge in [-0.25, -0.2) is 4.98 Å². The van der Waals surface area contributed by atoms with Gasteiger partial charge in [-0.2, -0.15) is 0 Å². The number of aromatic amines is 1. The van der Waals surface area contributed by atoms with E-state index in [2.05, 4.69) is 9.97 Å². The second-order valence-corrected chi connectivity index (χ2v) is 7.03. The molecule has 1 aliphatic rings. The second-order valence-electron chi connectivity index (χ2n) is 5.40. The number of fused-ring (bicyclic) bond motifs is 2. The molecule has 2 aromatic carbocycles. The molecule has 4 nitrogen and oxygen atoms in total. The van der Waals surface area contributed by atoms with Crippen LogP contribution in [0.3, 0.4) is 0 Å². The van der Waals surface area contributed by atoms with Crippen molar-refractivity contribution in [1.82, 2.24) is 9.97 Å². The van der Waals surface area contributed by atoms with E-state index >= 15 is 0 Å². The number of ether oxygens (including phenoxy) is 1. The summed E-state index contributed by atoms with van der Waals surface area (Å²) in [6.45, 7) is 0. The van der Waals surface area contributed by atoms with Crippen LogP contribution in [-0.4, -0.2) is 28.1 Å². The zero-order chi connectivity index (χ0) is 16.0. The molecule has 1 N–H and O–H groups in total. The lowest BCUT2D eigenvalue weighted by atomic mass is 10.1. The van der Waals surface area contributed by atoms with Crippen molar-refractivity contribution in [3.05, 3.63) is 52.5 Å². The van der Waals surface area contributed by atoms with Gasteiger partial charge < -0.3 is 9.72 Å². The lowest BCUT2D eigenvalue weighted by Crippen LogP contribution is -2.11. The molecule has 1 atom stereocenters. The number of imidazole rings is 1. The van der Waals surface area contributed by atoms with Crippen LogP contribution in [0, 0.1) is 0 Å². The van der Waals surface area contributed by atoms with Gasteiger partial charge in [0.15, 0.2) is 10.9 Å². The quantitative estimate of drug-likeness (QED) is 0.776. The largest absolute Gasteiger partial charge is 0.497 e. The Morgan fingerprint density at radius 1 is 1.30 bits per heavy atom. The molecular formula is C17H13ClN2O2S. The summed E-state index contributed by atoms with van der Waals surface area (Å²) in [4.78, 5) is 20.3. The molecule has 1 aliphatic carbocycles. The Bertz CT molecular complexity index is 922. The van der Waals surface area contributed by atoms with Crippen LogP contribution in [-0.2, 0) is 6.42 Å². The van der Waals surface area contributed by atoms with Crippen molar-refractivity contribution in [2.45, 2.75) is 16.8 Å². The van der Waals surface area contributed by atoms with Gasteiger partial charge in [-0.15, -0.1) is 0 Å². The number of carbonyl (C=O) groups excluding carboxylic acids is 1. The van der Waals surface area contributed by atoms with Crippen LogP contribution in [0.5, 0.6) is 5.75 Å². The van der Waals surface area contributed by atoms with Gasteiger partial charge in [0, 0.05) is 16.7 Å². The van der Waals surface area contributed by atoms with Crippen molar-refractivity contribution >= 4 is 40.2 Å². The highest BCUT2D eigenvalue weighted by Crippen LogP contribution is 2.35. The number of nitrogens with one attached hydrogen (secondary N) is 1. The Morgan fingerprint density at radius 2 is 2.17 bits per heavy atom. The summed E-state index contributed by atoms with van der Waals surface area (Å²) in [6.07, 6.45) is 0.680. The molecule has 6 heteroatoms. The molecule has 1 heterocycles. The zero-order valence-electron chi connectivity index (χ0n) is 12.3. The third-order valence-electron chi connectivity index (χ3n) is 3.95. The van der Waals surface area contributed by atoms with E-state index in [0.717, 1.165) is 33.1 Å². The van der Waals surface area contributed by atoms with Crippen molar-refractivity contribution in [2.24, 2.45) is 0 Å². The van der Waals surface area contributed by atoms with Gasteiger partial charge in [0.05, 0.1) is 23.4 Å². The lowest BCUT2D eigenvalue weighted by Gasteiger charge is -2.03. The smallest absolute Gasteiger partial charge is 0.176 e. The summed E-state index contributed by atoms with van der Waals surface area (Å²) >= 11 is 7.47. The maximum Gasteiger partial charge on any atom is 0.176 e. The first kappa shape index (κ1) is 14.6. The molecule has 1 unspecified atom stereocenters. The summed E-state index contributed by atoms with van der Waals surface area (Å²) in [6, 6.07) is 11.1. The van der Waals surface area contributed by atoms with Gasteiger partial charge in [-0.1, -0.05) is 23.4 Å². The number of aromatic nitrogens is 2. The first-order chi connectivity index (χ1) is 11.1. The number of halogens is 1. The van der Waals surface area contributed by atoms with Gasteiger partial charge >= 0.3 is 0 Å². The molecule has 0 saturated carbocycles. The molecule has 0 radical (unpaired) electrons. The predicted octanol–water partition coefficient (Wildman–Crippen LogP) is 4.12. The van der Waals surface area contributed by atoms with Gasteiger partial charge in [-0.3, -0.25) is 4.79 Å². The second kappa shape index (κ2) is 5.58. The molecule has 0 spiro atoms. The summed E-state index contributed by atoms with van der Waals surface area (Å²) in [5.74, 6) is 0.913. The monoisotopic (exact) mass is 344 g/mol. The number of benzene rings is 2. The molecule has 23 heavy (non-hydrogen) atoms. The zero-order valence-corrected chi connectivity index (χ0v) is 13.9. The summed E-state index contributed by atoms with van der Waals surface area (Å²) in [7, 11) is 1.63. The van der Waals surface area contributed by atoms with Crippen LogP contribution >= 0.6 is 23.4 Å². The highest BCUT2D eigenvalue weighted by molar-refractivity contribution is 8.00. The van der Waals surface area contributed by atoms with Crippen molar-refractivity contribution in [3.8, 4) is 5.75 Å². The molecule has 0 fully saturated rings. The maximum atomic E-state index is 12.5. The van der Waals surface area contributed by atoms with E-state index in [1.807, 2.05) is 30.3 Å². The first-order valence-electron chi connectivity index (χ1n) is 7.17. The van der Waals surface area contributed by atoms with E-state index in [9.17, 15) is 4.79 Å². The minimum atomic E-state index is -0.161. The Kier molecular flexibility index (Phi) is 3.54. The fraction of sp³-hybridized carbons (Fsp3) is 0.176. The predicted molar refractivity (Wildman–Crippen MR) is 91.8 cm³/mol. The normalized spacial score (nSPS) is 16.8. The van der Waals surface area contributed by atoms with Crippen LogP contribution in [0.4, 0.5) is 0 Å². The molecule has 116 valence electrons. The Labute approximate surface area is 142 Å². The minimum Gasteiger partial charge on any atom is -0.497 e. The number of hydrogen-bond acceptors (Lipinski definition) is 4. The molecule has 1 aromatic heterocycles. The highest BCUT2D eigenvalue weighted by atomic mass is 35.5. The van der Waals surface area contributed by atoms with E-state index in [-0.39, 0.29) is 11.0 Å². The lowest BCUT2D eigenvalue weighted by molar-refractivity contribution is 0.1000. The van der Waals surface area contributed by atoms with Crippen LogP contribution in [0.1, 0.15) is 15.9 Å².